The molecule has 0 bridgehead atoms. The minimum Gasteiger partial charge on any atom is -0.486 e. The Morgan fingerprint density at radius 1 is 0.947 bits per heavy atom. The lowest BCUT2D eigenvalue weighted by Crippen LogP contribution is -2.15. The molecule has 3 rings (SSSR count). The Morgan fingerprint density at radius 3 is 2.58 bits per heavy atom. The molecule has 2 aromatic rings. The average Bonchev–Trinajstić information content (AvgIpc) is 2.47. The van der Waals surface area contributed by atoms with Gasteiger partial charge < -0.3 is 9.47 Å². The number of benzene rings is 2. The van der Waals surface area contributed by atoms with Crippen LogP contribution in [0.25, 0.3) is 11.1 Å². The zero-order valence-corrected chi connectivity index (χ0v) is 11.3. The molecule has 19 heavy (non-hydrogen) atoms. The molecule has 0 saturated carbocycles. The summed E-state index contributed by atoms with van der Waals surface area (Å²) >= 11 is 0. The van der Waals surface area contributed by atoms with Gasteiger partial charge in [0.1, 0.15) is 13.2 Å². The lowest BCUT2D eigenvalue weighted by molar-refractivity contribution is 0.172. The molecule has 1 aliphatic rings. The second-order valence-electron chi connectivity index (χ2n) is 5.11. The van der Waals surface area contributed by atoms with Crippen LogP contribution in [0, 0.1) is 0 Å². The molecular formula is C17H18O2. The van der Waals surface area contributed by atoms with E-state index in [2.05, 4.69) is 44.2 Å². The van der Waals surface area contributed by atoms with Gasteiger partial charge in [0.05, 0.1) is 0 Å². The summed E-state index contributed by atoms with van der Waals surface area (Å²) in [6.07, 6.45) is 0. The van der Waals surface area contributed by atoms with Crippen LogP contribution in [-0.4, -0.2) is 13.2 Å². The van der Waals surface area contributed by atoms with Gasteiger partial charge in [-0.05, 0) is 23.1 Å². The molecule has 0 unspecified atom stereocenters. The first-order chi connectivity index (χ1) is 9.25. The maximum atomic E-state index is 5.78. The number of hydrogen-bond acceptors (Lipinski definition) is 2. The highest BCUT2D eigenvalue weighted by Crippen LogP contribution is 2.40. The van der Waals surface area contributed by atoms with Crippen LogP contribution in [0.5, 0.6) is 11.5 Å². The van der Waals surface area contributed by atoms with Crippen molar-refractivity contribution in [3.8, 4) is 22.6 Å². The van der Waals surface area contributed by atoms with Crippen LogP contribution in [0.3, 0.4) is 0 Å². The van der Waals surface area contributed by atoms with E-state index in [4.69, 9.17) is 9.47 Å². The van der Waals surface area contributed by atoms with E-state index in [0.29, 0.717) is 19.1 Å². The Kier molecular flexibility index (Phi) is 3.16. The Labute approximate surface area is 114 Å². The maximum Gasteiger partial charge on any atom is 0.169 e. The second kappa shape index (κ2) is 4.96. The monoisotopic (exact) mass is 254 g/mol. The van der Waals surface area contributed by atoms with Gasteiger partial charge in [-0.2, -0.15) is 0 Å². The van der Waals surface area contributed by atoms with Crippen LogP contribution in [0.15, 0.2) is 42.5 Å². The van der Waals surface area contributed by atoms with E-state index in [1.54, 1.807) is 0 Å². The quantitative estimate of drug-likeness (QED) is 0.797. The van der Waals surface area contributed by atoms with Gasteiger partial charge in [-0.15, -0.1) is 0 Å². The van der Waals surface area contributed by atoms with E-state index in [1.165, 1.54) is 11.1 Å². The zero-order valence-electron chi connectivity index (χ0n) is 11.3. The van der Waals surface area contributed by atoms with Crippen molar-refractivity contribution >= 4 is 0 Å². The van der Waals surface area contributed by atoms with Crippen molar-refractivity contribution in [2.45, 2.75) is 19.8 Å². The van der Waals surface area contributed by atoms with E-state index in [0.717, 1.165) is 17.1 Å². The highest BCUT2D eigenvalue weighted by molar-refractivity contribution is 5.74. The Bertz CT molecular complexity index is 588. The molecule has 98 valence electrons. The maximum absolute atomic E-state index is 5.78. The molecule has 0 spiro atoms. The normalized spacial score (nSPS) is 13.6. The third-order valence-electron chi connectivity index (χ3n) is 3.43. The van der Waals surface area contributed by atoms with Gasteiger partial charge in [-0.3, -0.25) is 0 Å². The minimum atomic E-state index is 0.525. The summed E-state index contributed by atoms with van der Waals surface area (Å²) in [5.41, 5.74) is 3.64. The summed E-state index contributed by atoms with van der Waals surface area (Å²) in [7, 11) is 0. The molecule has 0 saturated heterocycles. The van der Waals surface area contributed by atoms with Crippen molar-refractivity contribution in [3.63, 3.8) is 0 Å². The fourth-order valence-electron chi connectivity index (χ4n) is 2.37. The van der Waals surface area contributed by atoms with Crippen molar-refractivity contribution in [1.82, 2.24) is 0 Å². The van der Waals surface area contributed by atoms with Gasteiger partial charge in [-0.25, -0.2) is 0 Å². The second-order valence-corrected chi connectivity index (χ2v) is 5.11. The van der Waals surface area contributed by atoms with Crippen molar-refractivity contribution < 1.29 is 9.47 Å². The third-order valence-corrected chi connectivity index (χ3v) is 3.43. The zero-order chi connectivity index (χ0) is 13.2. The third kappa shape index (κ3) is 2.30. The SMILES string of the molecule is CC(C)c1cccc(-c2cccc3c2OCCO3)c1. The predicted octanol–water partition coefficient (Wildman–Crippen LogP) is 4.25. The lowest BCUT2D eigenvalue weighted by atomic mass is 9.97. The number of para-hydroxylation sites is 1. The van der Waals surface area contributed by atoms with Crippen LogP contribution in [0.1, 0.15) is 25.3 Å². The summed E-state index contributed by atoms with van der Waals surface area (Å²) in [6.45, 7) is 5.66. The lowest BCUT2D eigenvalue weighted by Gasteiger charge is -2.21. The smallest absolute Gasteiger partial charge is 0.169 e. The number of fused-ring (bicyclic) bond motifs is 1. The molecule has 0 radical (unpaired) electrons. The van der Waals surface area contributed by atoms with Crippen molar-refractivity contribution in [1.29, 1.82) is 0 Å². The average molecular weight is 254 g/mol. The molecule has 0 aromatic heterocycles. The number of ether oxygens (including phenoxy) is 2. The predicted molar refractivity (Wildman–Crippen MR) is 77.0 cm³/mol. The molecule has 2 heteroatoms. The Hall–Kier alpha value is -1.96. The number of hydrogen-bond donors (Lipinski definition) is 0. The van der Waals surface area contributed by atoms with Gasteiger partial charge in [-0.1, -0.05) is 50.2 Å². The van der Waals surface area contributed by atoms with Gasteiger partial charge >= 0.3 is 0 Å². The fourth-order valence-corrected chi connectivity index (χ4v) is 2.37. The standard InChI is InChI=1S/C17H18O2/c1-12(2)13-5-3-6-14(11-13)15-7-4-8-16-17(15)19-10-9-18-16/h3-8,11-12H,9-10H2,1-2H3. The van der Waals surface area contributed by atoms with E-state index < -0.39 is 0 Å². The summed E-state index contributed by atoms with van der Waals surface area (Å²) in [4.78, 5) is 0. The molecule has 1 aliphatic heterocycles. The molecule has 2 aromatic carbocycles. The van der Waals surface area contributed by atoms with Gasteiger partial charge in [0.15, 0.2) is 11.5 Å². The first kappa shape index (κ1) is 12.1. The highest BCUT2D eigenvalue weighted by atomic mass is 16.6. The van der Waals surface area contributed by atoms with E-state index >= 15 is 0 Å². The van der Waals surface area contributed by atoms with Crippen LogP contribution in [0.4, 0.5) is 0 Å². The number of rotatable bonds is 2. The summed E-state index contributed by atoms with van der Waals surface area (Å²) in [5.74, 6) is 2.24. The Balaban J connectivity index is 2.09. The minimum absolute atomic E-state index is 0.525. The molecule has 0 N–H and O–H groups in total. The molecule has 1 heterocycles. The van der Waals surface area contributed by atoms with Gasteiger partial charge in [0.25, 0.3) is 0 Å². The summed E-state index contributed by atoms with van der Waals surface area (Å²) < 4.78 is 11.4. The molecule has 2 nitrogen and oxygen atoms in total. The molecular weight excluding hydrogens is 236 g/mol. The van der Waals surface area contributed by atoms with E-state index in [-0.39, 0.29) is 0 Å². The highest BCUT2D eigenvalue weighted by Gasteiger charge is 2.16. The van der Waals surface area contributed by atoms with Crippen molar-refractivity contribution in [2.75, 3.05) is 13.2 Å². The van der Waals surface area contributed by atoms with Crippen LogP contribution in [0.2, 0.25) is 0 Å². The van der Waals surface area contributed by atoms with Crippen molar-refractivity contribution in [2.24, 2.45) is 0 Å². The van der Waals surface area contributed by atoms with Crippen LogP contribution >= 0.6 is 0 Å². The van der Waals surface area contributed by atoms with Gasteiger partial charge in [0.2, 0.25) is 0 Å². The first-order valence-electron chi connectivity index (χ1n) is 6.74. The molecule has 0 amide bonds. The Morgan fingerprint density at radius 2 is 1.74 bits per heavy atom. The van der Waals surface area contributed by atoms with Crippen LogP contribution < -0.4 is 9.47 Å². The fraction of sp³-hybridized carbons (Fsp3) is 0.294. The van der Waals surface area contributed by atoms with Gasteiger partial charge in [0, 0.05) is 5.56 Å². The summed E-state index contributed by atoms with van der Waals surface area (Å²) in [6, 6.07) is 14.7. The summed E-state index contributed by atoms with van der Waals surface area (Å²) in [5, 5.41) is 0. The van der Waals surface area contributed by atoms with Crippen LogP contribution in [-0.2, 0) is 0 Å². The first-order valence-corrected chi connectivity index (χ1v) is 6.74. The van der Waals surface area contributed by atoms with E-state index in [1.807, 2.05) is 12.1 Å². The van der Waals surface area contributed by atoms with Crippen molar-refractivity contribution in [3.05, 3.63) is 48.0 Å². The molecule has 0 atom stereocenters. The topological polar surface area (TPSA) is 18.5 Å². The molecule has 0 aliphatic carbocycles. The van der Waals surface area contributed by atoms with E-state index in [9.17, 15) is 0 Å². The largest absolute Gasteiger partial charge is 0.486 e. The molecule has 0 fully saturated rings.